The van der Waals surface area contributed by atoms with E-state index in [0.717, 1.165) is 24.6 Å². The predicted octanol–water partition coefficient (Wildman–Crippen LogP) is 1.87. The number of amides is 1. The van der Waals surface area contributed by atoms with Crippen molar-refractivity contribution in [2.45, 2.75) is 18.9 Å². The fourth-order valence-electron chi connectivity index (χ4n) is 4.30. The van der Waals surface area contributed by atoms with Crippen LogP contribution in [-0.4, -0.2) is 22.9 Å². The predicted molar refractivity (Wildman–Crippen MR) is 74.8 cm³/mol. The first-order chi connectivity index (χ1) is 11.0. The Kier molecular flexibility index (Phi) is 2.91. The minimum atomic E-state index is -0.751. The van der Waals surface area contributed by atoms with E-state index in [1.54, 1.807) is 0 Å². The molecule has 1 aliphatic heterocycles. The first-order valence-electron chi connectivity index (χ1n) is 7.41. The van der Waals surface area contributed by atoms with Crippen LogP contribution in [-0.2, 0) is 14.3 Å². The Morgan fingerprint density at radius 2 is 2.17 bits per heavy atom. The maximum Gasteiger partial charge on any atom is 0.310 e. The van der Waals surface area contributed by atoms with Gasteiger partial charge in [0.05, 0.1) is 22.4 Å². The van der Waals surface area contributed by atoms with Crippen molar-refractivity contribution in [2.75, 3.05) is 5.32 Å². The summed E-state index contributed by atoms with van der Waals surface area (Å²) in [6.45, 7) is 0. The number of rotatable bonds is 3. The van der Waals surface area contributed by atoms with Crippen molar-refractivity contribution in [1.29, 1.82) is 0 Å². The van der Waals surface area contributed by atoms with E-state index in [1.165, 1.54) is 0 Å². The standard InChI is InChI=1S/C15H13FN2O5/c16-9-2-1-7(18(21)22)5-10(9)17-14(19)12-6-3-8-11(4-6)23-15(20)13(8)12/h1-2,5-6,8,11-13H,3-4H2,(H,17,19)/t6-,8-,11-,12+,13+/m1/s1. The van der Waals surface area contributed by atoms with Crippen LogP contribution < -0.4 is 5.32 Å². The van der Waals surface area contributed by atoms with Gasteiger partial charge in [0.2, 0.25) is 5.91 Å². The SMILES string of the molecule is O=C(Nc1cc([N+](=O)[O-])ccc1F)[C@H]1[C@@H]2C[C@H]3[C@@H]1C(=O)O[C@@H]3C2. The van der Waals surface area contributed by atoms with E-state index in [2.05, 4.69) is 5.32 Å². The van der Waals surface area contributed by atoms with Crippen molar-refractivity contribution in [2.24, 2.45) is 23.7 Å². The number of nitro groups is 1. The lowest BCUT2D eigenvalue weighted by Crippen LogP contribution is -2.36. The van der Waals surface area contributed by atoms with Crippen molar-refractivity contribution in [1.82, 2.24) is 0 Å². The number of carbonyl (C=O) groups excluding carboxylic acids is 2. The van der Waals surface area contributed by atoms with Gasteiger partial charge in [-0.2, -0.15) is 0 Å². The molecule has 2 bridgehead atoms. The molecule has 3 fully saturated rings. The van der Waals surface area contributed by atoms with Crippen molar-refractivity contribution in [3.8, 4) is 0 Å². The minimum absolute atomic E-state index is 0.0446. The molecular weight excluding hydrogens is 307 g/mol. The van der Waals surface area contributed by atoms with Crippen LogP contribution in [0, 0.1) is 39.6 Å². The van der Waals surface area contributed by atoms with Crippen LogP contribution in [0.2, 0.25) is 0 Å². The molecule has 0 radical (unpaired) electrons. The molecule has 1 N–H and O–H groups in total. The van der Waals surface area contributed by atoms with Gasteiger partial charge in [0.1, 0.15) is 11.9 Å². The van der Waals surface area contributed by atoms with E-state index in [0.29, 0.717) is 6.42 Å². The molecule has 1 amide bonds. The summed E-state index contributed by atoms with van der Waals surface area (Å²) in [6, 6.07) is 2.95. The van der Waals surface area contributed by atoms with Gasteiger partial charge in [-0.25, -0.2) is 4.39 Å². The van der Waals surface area contributed by atoms with Gasteiger partial charge in [-0.15, -0.1) is 0 Å². The summed E-state index contributed by atoms with van der Waals surface area (Å²) in [5.41, 5.74) is -0.551. The molecule has 1 aromatic rings. The first kappa shape index (κ1) is 14.1. The molecule has 23 heavy (non-hydrogen) atoms. The molecule has 1 heterocycles. The van der Waals surface area contributed by atoms with Gasteiger partial charge in [0, 0.05) is 18.1 Å². The number of ether oxygens (including phenoxy) is 1. The van der Waals surface area contributed by atoms with Gasteiger partial charge in [-0.3, -0.25) is 19.7 Å². The highest BCUT2D eigenvalue weighted by atomic mass is 19.1. The third kappa shape index (κ3) is 2.01. The lowest BCUT2D eigenvalue weighted by Gasteiger charge is -2.23. The van der Waals surface area contributed by atoms with Crippen molar-refractivity contribution in [3.63, 3.8) is 0 Å². The van der Waals surface area contributed by atoms with Gasteiger partial charge in [0.25, 0.3) is 5.69 Å². The molecule has 1 aromatic carbocycles. The fourth-order valence-corrected chi connectivity index (χ4v) is 4.30. The molecule has 0 spiro atoms. The Hall–Kier alpha value is -2.51. The molecule has 8 heteroatoms. The second-order valence-electron chi connectivity index (χ2n) is 6.33. The maximum absolute atomic E-state index is 13.8. The van der Waals surface area contributed by atoms with E-state index in [1.807, 2.05) is 0 Å². The summed E-state index contributed by atoms with van der Waals surface area (Å²) < 4.78 is 19.1. The van der Waals surface area contributed by atoms with Gasteiger partial charge >= 0.3 is 5.97 Å². The maximum atomic E-state index is 13.8. The molecule has 0 unspecified atom stereocenters. The lowest BCUT2D eigenvalue weighted by molar-refractivity contribution is -0.384. The van der Waals surface area contributed by atoms with Crippen LogP contribution in [0.25, 0.3) is 0 Å². The van der Waals surface area contributed by atoms with Gasteiger partial charge in [-0.1, -0.05) is 0 Å². The van der Waals surface area contributed by atoms with E-state index in [-0.39, 0.29) is 35.3 Å². The van der Waals surface area contributed by atoms with E-state index >= 15 is 0 Å². The number of non-ortho nitro benzene ring substituents is 1. The number of anilines is 1. The largest absolute Gasteiger partial charge is 0.462 e. The monoisotopic (exact) mass is 320 g/mol. The van der Waals surface area contributed by atoms with Crippen LogP contribution in [0.4, 0.5) is 15.8 Å². The number of nitrogens with zero attached hydrogens (tertiary/aromatic N) is 1. The average Bonchev–Trinajstić information content (AvgIpc) is 3.10. The highest BCUT2D eigenvalue weighted by molar-refractivity contribution is 5.97. The van der Waals surface area contributed by atoms with Gasteiger partial charge in [0.15, 0.2) is 0 Å². The number of hydrogen-bond acceptors (Lipinski definition) is 5. The van der Waals surface area contributed by atoms with Crippen LogP contribution in [0.1, 0.15) is 12.8 Å². The summed E-state index contributed by atoms with van der Waals surface area (Å²) in [5, 5.41) is 13.2. The summed E-state index contributed by atoms with van der Waals surface area (Å²) in [5.74, 6) is -2.50. The summed E-state index contributed by atoms with van der Waals surface area (Å²) >= 11 is 0. The zero-order valence-electron chi connectivity index (χ0n) is 11.9. The Morgan fingerprint density at radius 1 is 1.39 bits per heavy atom. The Bertz CT molecular complexity index is 735. The van der Waals surface area contributed by atoms with E-state index in [4.69, 9.17) is 4.74 Å². The highest BCUT2D eigenvalue weighted by Gasteiger charge is 2.63. The molecule has 3 aliphatic rings. The third-order valence-electron chi connectivity index (χ3n) is 5.20. The average molecular weight is 320 g/mol. The van der Waals surface area contributed by atoms with Crippen LogP contribution in [0.3, 0.4) is 0 Å². The van der Waals surface area contributed by atoms with Crippen LogP contribution in [0.15, 0.2) is 18.2 Å². The van der Waals surface area contributed by atoms with Crippen LogP contribution in [0.5, 0.6) is 0 Å². The zero-order chi connectivity index (χ0) is 16.3. The van der Waals surface area contributed by atoms with Gasteiger partial charge < -0.3 is 10.1 Å². The number of halogens is 1. The zero-order valence-corrected chi connectivity index (χ0v) is 11.9. The number of carbonyl (C=O) groups is 2. The number of hydrogen-bond donors (Lipinski definition) is 1. The summed E-state index contributed by atoms with van der Waals surface area (Å²) in [7, 11) is 0. The quantitative estimate of drug-likeness (QED) is 0.521. The highest BCUT2D eigenvalue weighted by Crippen LogP contribution is 2.57. The summed E-state index contributed by atoms with van der Waals surface area (Å²) in [6.07, 6.45) is 1.33. The number of nitrogens with one attached hydrogen (secondary N) is 1. The molecule has 7 nitrogen and oxygen atoms in total. The van der Waals surface area contributed by atoms with Crippen molar-refractivity contribution < 1.29 is 23.6 Å². The Labute approximate surface area is 130 Å². The number of esters is 1. The molecule has 0 aromatic heterocycles. The van der Waals surface area contributed by atoms with Crippen LogP contribution >= 0.6 is 0 Å². The van der Waals surface area contributed by atoms with Crippen molar-refractivity contribution in [3.05, 3.63) is 34.1 Å². The molecular formula is C15H13FN2O5. The molecule has 5 atom stereocenters. The smallest absolute Gasteiger partial charge is 0.310 e. The molecule has 120 valence electrons. The minimum Gasteiger partial charge on any atom is -0.462 e. The van der Waals surface area contributed by atoms with E-state index in [9.17, 15) is 24.1 Å². The molecule has 2 aliphatic carbocycles. The Morgan fingerprint density at radius 3 is 2.91 bits per heavy atom. The molecule has 1 saturated heterocycles. The topological polar surface area (TPSA) is 98.5 Å². The normalized spacial score (nSPS) is 33.6. The lowest BCUT2D eigenvalue weighted by atomic mass is 9.79. The number of nitro benzene ring substituents is 1. The number of fused-ring (bicyclic) bond motifs is 1. The molecule has 4 rings (SSSR count). The van der Waals surface area contributed by atoms with Crippen molar-refractivity contribution >= 4 is 23.3 Å². The van der Waals surface area contributed by atoms with E-state index < -0.39 is 28.5 Å². The Balaban J connectivity index is 1.58. The second-order valence-corrected chi connectivity index (χ2v) is 6.33. The fraction of sp³-hybridized carbons (Fsp3) is 0.467. The van der Waals surface area contributed by atoms with Gasteiger partial charge in [-0.05, 0) is 24.8 Å². The molecule has 2 saturated carbocycles. The summed E-state index contributed by atoms with van der Waals surface area (Å²) in [4.78, 5) is 34.5. The number of benzene rings is 1. The third-order valence-corrected chi connectivity index (χ3v) is 5.20. The first-order valence-corrected chi connectivity index (χ1v) is 7.41. The second kappa shape index (κ2) is 4.74.